The van der Waals surface area contributed by atoms with Gasteiger partial charge in [0.15, 0.2) is 11.5 Å². The molecule has 1 heterocycles. The Labute approximate surface area is 156 Å². The molecule has 1 aromatic heterocycles. The SMILES string of the molecule is COc1cc(Nc2cc(Nc3cccc(F)c3)ncn2)cc(OC)c1OC. The van der Waals surface area contributed by atoms with Gasteiger partial charge in [0.05, 0.1) is 21.3 Å². The molecule has 0 saturated heterocycles. The lowest BCUT2D eigenvalue weighted by atomic mass is 10.2. The zero-order valence-corrected chi connectivity index (χ0v) is 15.1. The summed E-state index contributed by atoms with van der Waals surface area (Å²) in [6.07, 6.45) is 1.40. The fourth-order valence-electron chi connectivity index (χ4n) is 2.51. The Morgan fingerprint density at radius 2 is 1.41 bits per heavy atom. The highest BCUT2D eigenvalue weighted by Gasteiger charge is 2.13. The number of aromatic nitrogens is 2. The number of halogens is 1. The number of nitrogens with one attached hydrogen (secondary N) is 2. The molecule has 7 nitrogen and oxygen atoms in total. The van der Waals surface area contributed by atoms with Gasteiger partial charge < -0.3 is 24.8 Å². The first-order chi connectivity index (χ1) is 13.1. The number of methoxy groups -OCH3 is 3. The van der Waals surface area contributed by atoms with Crippen LogP contribution in [-0.4, -0.2) is 31.3 Å². The quantitative estimate of drug-likeness (QED) is 0.647. The molecule has 0 unspecified atom stereocenters. The number of rotatable bonds is 7. The molecule has 2 aromatic carbocycles. The van der Waals surface area contributed by atoms with Gasteiger partial charge in [-0.1, -0.05) is 6.07 Å². The van der Waals surface area contributed by atoms with Crippen LogP contribution in [0.4, 0.5) is 27.4 Å². The van der Waals surface area contributed by atoms with E-state index in [1.165, 1.54) is 18.5 Å². The molecule has 0 fully saturated rings. The summed E-state index contributed by atoms with van der Waals surface area (Å²) in [4.78, 5) is 8.35. The van der Waals surface area contributed by atoms with E-state index in [-0.39, 0.29) is 5.82 Å². The van der Waals surface area contributed by atoms with Crippen molar-refractivity contribution in [1.82, 2.24) is 9.97 Å². The molecule has 3 rings (SSSR count). The van der Waals surface area contributed by atoms with Gasteiger partial charge in [-0.15, -0.1) is 0 Å². The van der Waals surface area contributed by atoms with Crippen molar-refractivity contribution in [3.63, 3.8) is 0 Å². The molecule has 2 N–H and O–H groups in total. The monoisotopic (exact) mass is 370 g/mol. The Hall–Kier alpha value is -3.55. The van der Waals surface area contributed by atoms with E-state index in [1.54, 1.807) is 51.7 Å². The number of anilines is 4. The smallest absolute Gasteiger partial charge is 0.203 e. The van der Waals surface area contributed by atoms with Gasteiger partial charge in [-0.25, -0.2) is 14.4 Å². The molecule has 8 heteroatoms. The third-order valence-corrected chi connectivity index (χ3v) is 3.70. The highest BCUT2D eigenvalue weighted by molar-refractivity contribution is 5.68. The number of benzene rings is 2. The summed E-state index contributed by atoms with van der Waals surface area (Å²) >= 11 is 0. The molecule has 3 aromatic rings. The second kappa shape index (κ2) is 8.22. The van der Waals surface area contributed by atoms with Gasteiger partial charge in [0, 0.05) is 29.6 Å². The minimum Gasteiger partial charge on any atom is -0.493 e. The zero-order valence-electron chi connectivity index (χ0n) is 15.1. The van der Waals surface area contributed by atoms with Crippen LogP contribution in [0.25, 0.3) is 0 Å². The summed E-state index contributed by atoms with van der Waals surface area (Å²) in [5.74, 6) is 2.27. The van der Waals surface area contributed by atoms with Crippen molar-refractivity contribution >= 4 is 23.0 Å². The number of hydrogen-bond donors (Lipinski definition) is 2. The summed E-state index contributed by atoms with van der Waals surface area (Å²) in [6, 6.07) is 11.4. The van der Waals surface area contributed by atoms with Gasteiger partial charge in [-0.2, -0.15) is 0 Å². The maximum atomic E-state index is 13.3. The minimum absolute atomic E-state index is 0.329. The van der Waals surface area contributed by atoms with Crippen LogP contribution >= 0.6 is 0 Å². The Balaban J connectivity index is 1.84. The van der Waals surface area contributed by atoms with Crippen molar-refractivity contribution < 1.29 is 18.6 Å². The number of ether oxygens (including phenoxy) is 3. The van der Waals surface area contributed by atoms with Crippen molar-refractivity contribution in [2.24, 2.45) is 0 Å². The molecule has 0 radical (unpaired) electrons. The van der Waals surface area contributed by atoms with Crippen molar-refractivity contribution in [2.75, 3.05) is 32.0 Å². The van der Waals surface area contributed by atoms with Gasteiger partial charge >= 0.3 is 0 Å². The molecule has 27 heavy (non-hydrogen) atoms. The number of nitrogens with zero attached hydrogens (tertiary/aromatic N) is 2. The normalized spacial score (nSPS) is 10.2. The molecule has 0 bridgehead atoms. The Kier molecular flexibility index (Phi) is 5.55. The lowest BCUT2D eigenvalue weighted by molar-refractivity contribution is 0.324. The first-order valence-corrected chi connectivity index (χ1v) is 8.04. The summed E-state index contributed by atoms with van der Waals surface area (Å²) in [5, 5.41) is 6.20. The van der Waals surface area contributed by atoms with Crippen LogP contribution in [0.5, 0.6) is 17.2 Å². The van der Waals surface area contributed by atoms with Crippen molar-refractivity contribution in [3.8, 4) is 17.2 Å². The predicted molar refractivity (Wildman–Crippen MR) is 101 cm³/mol. The molecule has 0 aliphatic heterocycles. The third kappa shape index (κ3) is 4.35. The second-order valence-electron chi connectivity index (χ2n) is 5.46. The van der Waals surface area contributed by atoms with Crippen LogP contribution in [0, 0.1) is 5.82 Å². The van der Waals surface area contributed by atoms with Crippen LogP contribution in [-0.2, 0) is 0 Å². The van der Waals surface area contributed by atoms with E-state index in [2.05, 4.69) is 20.6 Å². The molecule has 0 spiro atoms. The molecular weight excluding hydrogens is 351 g/mol. The summed E-state index contributed by atoms with van der Waals surface area (Å²) in [7, 11) is 4.64. The summed E-state index contributed by atoms with van der Waals surface area (Å²) in [5.41, 5.74) is 1.28. The summed E-state index contributed by atoms with van der Waals surface area (Å²) in [6.45, 7) is 0. The maximum Gasteiger partial charge on any atom is 0.203 e. The molecule has 0 atom stereocenters. The lowest BCUT2D eigenvalue weighted by Crippen LogP contribution is -2.00. The molecular formula is C19H19FN4O3. The van der Waals surface area contributed by atoms with Crippen molar-refractivity contribution in [2.45, 2.75) is 0 Å². The average molecular weight is 370 g/mol. The zero-order chi connectivity index (χ0) is 19.2. The van der Waals surface area contributed by atoms with E-state index in [0.29, 0.717) is 40.3 Å². The van der Waals surface area contributed by atoms with E-state index in [0.717, 1.165) is 0 Å². The lowest BCUT2D eigenvalue weighted by Gasteiger charge is -2.15. The van der Waals surface area contributed by atoms with E-state index in [9.17, 15) is 4.39 Å². The van der Waals surface area contributed by atoms with Crippen molar-refractivity contribution in [1.29, 1.82) is 0 Å². The van der Waals surface area contributed by atoms with Crippen LogP contribution in [0.1, 0.15) is 0 Å². The molecule has 0 aliphatic carbocycles. The average Bonchev–Trinajstić information content (AvgIpc) is 2.67. The fraction of sp³-hybridized carbons (Fsp3) is 0.158. The standard InChI is InChI=1S/C19H19FN4O3/c1-25-15-8-14(9-16(26-2)19(15)27-3)24-18-10-17(21-11-22-18)23-13-6-4-5-12(20)7-13/h4-11H,1-3H3,(H2,21,22,23,24). The molecule has 140 valence electrons. The van der Waals surface area contributed by atoms with Gasteiger partial charge in [0.25, 0.3) is 0 Å². The highest BCUT2D eigenvalue weighted by Crippen LogP contribution is 2.40. The topological polar surface area (TPSA) is 77.5 Å². The molecule has 0 saturated carbocycles. The molecule has 0 amide bonds. The third-order valence-electron chi connectivity index (χ3n) is 3.70. The summed E-state index contributed by atoms with van der Waals surface area (Å²) < 4.78 is 29.3. The number of hydrogen-bond acceptors (Lipinski definition) is 7. The van der Waals surface area contributed by atoms with Crippen molar-refractivity contribution in [3.05, 3.63) is 54.6 Å². The van der Waals surface area contributed by atoms with E-state index < -0.39 is 0 Å². The first kappa shape index (κ1) is 18.2. The highest BCUT2D eigenvalue weighted by atomic mass is 19.1. The Morgan fingerprint density at radius 1 is 0.778 bits per heavy atom. The van der Waals surface area contributed by atoms with Gasteiger partial charge in [0.2, 0.25) is 5.75 Å². The molecule has 0 aliphatic rings. The first-order valence-electron chi connectivity index (χ1n) is 8.04. The van der Waals surface area contributed by atoms with E-state index in [4.69, 9.17) is 14.2 Å². The van der Waals surface area contributed by atoms with E-state index in [1.807, 2.05) is 0 Å². The Bertz CT molecular complexity index is 911. The van der Waals surface area contributed by atoms with Gasteiger partial charge in [-0.05, 0) is 18.2 Å². The minimum atomic E-state index is -0.329. The van der Waals surface area contributed by atoms with Crippen LogP contribution in [0.3, 0.4) is 0 Å². The van der Waals surface area contributed by atoms with Gasteiger partial charge in [-0.3, -0.25) is 0 Å². The van der Waals surface area contributed by atoms with E-state index >= 15 is 0 Å². The van der Waals surface area contributed by atoms with Crippen LogP contribution in [0.2, 0.25) is 0 Å². The predicted octanol–water partition coefficient (Wildman–Crippen LogP) is 4.13. The fourth-order valence-corrected chi connectivity index (χ4v) is 2.51. The Morgan fingerprint density at radius 3 is 1.96 bits per heavy atom. The van der Waals surface area contributed by atoms with Gasteiger partial charge in [0.1, 0.15) is 23.8 Å². The largest absolute Gasteiger partial charge is 0.493 e. The van der Waals surface area contributed by atoms with Crippen LogP contribution in [0.15, 0.2) is 48.8 Å². The maximum absolute atomic E-state index is 13.3. The van der Waals surface area contributed by atoms with Crippen LogP contribution < -0.4 is 24.8 Å². The second-order valence-corrected chi connectivity index (χ2v) is 5.46.